The molecule has 0 fully saturated rings. The Balaban J connectivity index is 2.40. The largest absolute Gasteiger partial charge is 0.393 e. The predicted molar refractivity (Wildman–Crippen MR) is 76.2 cm³/mol. The second-order valence-electron chi connectivity index (χ2n) is 5.05. The van der Waals surface area contributed by atoms with E-state index in [1.807, 2.05) is 0 Å². The molecule has 0 aliphatic carbocycles. The smallest absolute Gasteiger partial charge is 0.137 e. The van der Waals surface area contributed by atoms with E-state index < -0.39 is 11.7 Å². The molecule has 0 aliphatic rings. The fourth-order valence-electron chi connectivity index (χ4n) is 2.20. The summed E-state index contributed by atoms with van der Waals surface area (Å²) in [4.78, 5) is 3.88. The van der Waals surface area contributed by atoms with E-state index in [1.54, 1.807) is 42.8 Å². The fraction of sp³-hybridized carbons (Fsp3) is 0.429. The molecule has 0 bridgehead atoms. The molecule has 0 spiro atoms. The predicted octanol–water partition coefficient (Wildman–Crippen LogP) is 1.84. The molecular formula is C14H18ClN3O2. The van der Waals surface area contributed by atoms with Crippen molar-refractivity contribution in [2.24, 2.45) is 5.92 Å². The lowest BCUT2D eigenvalue weighted by atomic mass is 9.79. The molecule has 0 amide bonds. The Kier molecular flexibility index (Phi) is 4.42. The van der Waals surface area contributed by atoms with Gasteiger partial charge in [-0.25, -0.2) is 9.67 Å². The van der Waals surface area contributed by atoms with Crippen molar-refractivity contribution >= 4 is 11.6 Å². The zero-order valence-electron chi connectivity index (χ0n) is 11.4. The molecular weight excluding hydrogens is 278 g/mol. The number of nitrogens with zero attached hydrogens (tertiary/aromatic N) is 3. The van der Waals surface area contributed by atoms with Crippen LogP contribution in [0.4, 0.5) is 0 Å². The molecule has 3 atom stereocenters. The van der Waals surface area contributed by atoms with Gasteiger partial charge >= 0.3 is 0 Å². The van der Waals surface area contributed by atoms with Gasteiger partial charge in [0.15, 0.2) is 0 Å². The molecule has 108 valence electrons. The first kappa shape index (κ1) is 15.0. The van der Waals surface area contributed by atoms with E-state index >= 15 is 0 Å². The summed E-state index contributed by atoms with van der Waals surface area (Å²) in [5, 5.41) is 25.6. The summed E-state index contributed by atoms with van der Waals surface area (Å²) in [5.41, 5.74) is -0.572. The lowest BCUT2D eigenvalue weighted by Crippen LogP contribution is -2.43. The van der Waals surface area contributed by atoms with Crippen LogP contribution in [0.5, 0.6) is 0 Å². The van der Waals surface area contributed by atoms with Crippen molar-refractivity contribution < 1.29 is 10.2 Å². The number of hydrogen-bond acceptors (Lipinski definition) is 4. The molecule has 0 saturated carbocycles. The highest BCUT2D eigenvalue weighted by molar-refractivity contribution is 6.30. The second kappa shape index (κ2) is 5.91. The Labute approximate surface area is 122 Å². The maximum Gasteiger partial charge on any atom is 0.137 e. The van der Waals surface area contributed by atoms with Crippen molar-refractivity contribution in [2.45, 2.75) is 32.1 Å². The molecule has 0 aliphatic heterocycles. The fourth-order valence-corrected chi connectivity index (χ4v) is 2.32. The Morgan fingerprint density at radius 2 is 1.95 bits per heavy atom. The van der Waals surface area contributed by atoms with Crippen molar-refractivity contribution in [3.05, 3.63) is 47.5 Å². The Hall–Kier alpha value is -1.43. The summed E-state index contributed by atoms with van der Waals surface area (Å²) in [7, 11) is 0. The molecule has 2 rings (SSSR count). The first-order valence-corrected chi connectivity index (χ1v) is 6.80. The molecule has 20 heavy (non-hydrogen) atoms. The molecule has 0 saturated heterocycles. The third-order valence-corrected chi connectivity index (χ3v) is 3.94. The lowest BCUT2D eigenvalue weighted by Gasteiger charge is -2.36. The van der Waals surface area contributed by atoms with Crippen LogP contribution < -0.4 is 0 Å². The maximum atomic E-state index is 11.1. The standard InChI is InChI=1S/C14H18ClN3O2/c1-10(11(2)19)14(20,7-18-9-16-8-17-18)12-3-5-13(15)6-4-12/h3-6,8-11,19-20H,7H2,1-2H3/t10-,11?,14-/m1/s1. The monoisotopic (exact) mass is 295 g/mol. The summed E-state index contributed by atoms with van der Waals surface area (Å²) in [6.45, 7) is 3.67. The molecule has 1 heterocycles. The van der Waals surface area contributed by atoms with E-state index in [-0.39, 0.29) is 12.5 Å². The van der Waals surface area contributed by atoms with Gasteiger partial charge in [-0.2, -0.15) is 5.10 Å². The van der Waals surface area contributed by atoms with Gasteiger partial charge in [-0.3, -0.25) is 0 Å². The Morgan fingerprint density at radius 3 is 2.45 bits per heavy atom. The van der Waals surface area contributed by atoms with Crippen LogP contribution in [0.2, 0.25) is 5.02 Å². The van der Waals surface area contributed by atoms with Crippen molar-refractivity contribution in [3.8, 4) is 0 Å². The summed E-state index contributed by atoms with van der Waals surface area (Å²) >= 11 is 5.89. The zero-order valence-corrected chi connectivity index (χ0v) is 12.2. The number of hydrogen-bond donors (Lipinski definition) is 2. The number of aromatic nitrogens is 3. The van der Waals surface area contributed by atoms with Gasteiger partial charge in [-0.15, -0.1) is 0 Å². The van der Waals surface area contributed by atoms with Gasteiger partial charge in [-0.1, -0.05) is 30.7 Å². The Bertz CT molecular complexity index is 542. The van der Waals surface area contributed by atoms with Crippen LogP contribution >= 0.6 is 11.6 Å². The molecule has 1 aromatic carbocycles. The SMILES string of the molecule is CC(O)[C@@H](C)[C@](O)(Cn1cncn1)c1ccc(Cl)cc1. The first-order valence-electron chi connectivity index (χ1n) is 6.42. The van der Waals surface area contributed by atoms with Crippen molar-refractivity contribution in [1.82, 2.24) is 14.8 Å². The van der Waals surface area contributed by atoms with Gasteiger partial charge < -0.3 is 10.2 Å². The lowest BCUT2D eigenvalue weighted by molar-refractivity contribution is -0.0779. The second-order valence-corrected chi connectivity index (χ2v) is 5.49. The third-order valence-electron chi connectivity index (χ3n) is 3.69. The highest BCUT2D eigenvalue weighted by Gasteiger charge is 2.39. The van der Waals surface area contributed by atoms with Gasteiger partial charge in [0.1, 0.15) is 18.3 Å². The summed E-state index contributed by atoms with van der Waals surface area (Å²) in [5.74, 6) is -0.382. The van der Waals surface area contributed by atoms with Crippen molar-refractivity contribution in [3.63, 3.8) is 0 Å². The van der Waals surface area contributed by atoms with E-state index in [0.29, 0.717) is 10.6 Å². The quantitative estimate of drug-likeness (QED) is 0.883. The minimum Gasteiger partial charge on any atom is -0.393 e. The molecule has 5 nitrogen and oxygen atoms in total. The van der Waals surface area contributed by atoms with Gasteiger partial charge in [-0.05, 0) is 24.6 Å². The highest BCUT2D eigenvalue weighted by Crippen LogP contribution is 2.34. The van der Waals surface area contributed by atoms with E-state index in [2.05, 4.69) is 10.1 Å². The zero-order chi connectivity index (χ0) is 14.8. The van der Waals surface area contributed by atoms with E-state index in [1.165, 1.54) is 12.7 Å². The minimum absolute atomic E-state index is 0.209. The number of rotatable bonds is 5. The van der Waals surface area contributed by atoms with Gasteiger partial charge in [0, 0.05) is 10.9 Å². The Morgan fingerprint density at radius 1 is 1.30 bits per heavy atom. The van der Waals surface area contributed by atoms with Gasteiger partial charge in [0.25, 0.3) is 0 Å². The van der Waals surface area contributed by atoms with Crippen LogP contribution in [0.3, 0.4) is 0 Å². The van der Waals surface area contributed by atoms with Crippen LogP contribution in [0, 0.1) is 5.92 Å². The van der Waals surface area contributed by atoms with E-state index in [4.69, 9.17) is 11.6 Å². The third kappa shape index (κ3) is 3.00. The molecule has 2 aromatic rings. The van der Waals surface area contributed by atoms with Crippen LogP contribution in [0.15, 0.2) is 36.9 Å². The van der Waals surface area contributed by atoms with E-state index in [0.717, 1.165) is 0 Å². The van der Waals surface area contributed by atoms with Crippen LogP contribution in [-0.2, 0) is 12.1 Å². The van der Waals surface area contributed by atoms with Crippen molar-refractivity contribution in [1.29, 1.82) is 0 Å². The number of halogens is 1. The summed E-state index contributed by atoms with van der Waals surface area (Å²) < 4.78 is 1.55. The average Bonchev–Trinajstić information content (AvgIpc) is 2.91. The maximum absolute atomic E-state index is 11.1. The summed E-state index contributed by atoms with van der Waals surface area (Å²) in [6, 6.07) is 6.96. The normalized spacial score (nSPS) is 17.4. The van der Waals surface area contributed by atoms with Gasteiger partial charge in [0.2, 0.25) is 0 Å². The average molecular weight is 296 g/mol. The summed E-state index contributed by atoms with van der Waals surface area (Å²) in [6.07, 6.45) is 2.28. The molecule has 2 N–H and O–H groups in total. The molecule has 0 radical (unpaired) electrons. The highest BCUT2D eigenvalue weighted by atomic mass is 35.5. The molecule has 1 unspecified atom stereocenters. The van der Waals surface area contributed by atoms with Crippen molar-refractivity contribution in [2.75, 3.05) is 0 Å². The number of aliphatic hydroxyl groups is 2. The van der Waals surface area contributed by atoms with Crippen LogP contribution in [0.25, 0.3) is 0 Å². The molecule has 1 aromatic heterocycles. The minimum atomic E-state index is -1.26. The van der Waals surface area contributed by atoms with Crippen LogP contribution in [0.1, 0.15) is 19.4 Å². The first-order chi connectivity index (χ1) is 9.43. The number of benzene rings is 1. The van der Waals surface area contributed by atoms with E-state index in [9.17, 15) is 10.2 Å². The van der Waals surface area contributed by atoms with Gasteiger partial charge in [0.05, 0.1) is 12.6 Å². The van der Waals surface area contributed by atoms with Crippen LogP contribution in [-0.4, -0.2) is 31.1 Å². The topological polar surface area (TPSA) is 71.2 Å². The number of aliphatic hydroxyl groups excluding tert-OH is 1. The molecule has 6 heteroatoms.